The Morgan fingerprint density at radius 2 is 1.10 bits per heavy atom. The first-order chi connectivity index (χ1) is 12.6. The Morgan fingerprint density at radius 3 is 1.45 bits per heavy atom. The van der Waals surface area contributed by atoms with Gasteiger partial charge in [-0.15, -0.1) is 0 Å². The van der Waals surface area contributed by atoms with Gasteiger partial charge in [0.15, 0.2) is 0 Å². The van der Waals surface area contributed by atoms with Crippen molar-refractivity contribution >= 4 is 5.78 Å². The number of benzene rings is 1. The highest BCUT2D eigenvalue weighted by Gasteiger charge is 2.84. The molecule has 0 radical (unpaired) electrons. The van der Waals surface area contributed by atoms with Crippen LogP contribution in [-0.4, -0.2) is 47.1 Å². The van der Waals surface area contributed by atoms with Gasteiger partial charge in [0.2, 0.25) is 5.78 Å². The molecular weight excluding hydrogens is 451 g/mol. The lowest BCUT2D eigenvalue weighted by Gasteiger charge is -2.37. The number of phenolic OH excluding ortho intramolecular Hbond substituents is 1. The summed E-state index contributed by atoms with van der Waals surface area (Å²) >= 11 is 0. The van der Waals surface area contributed by atoms with Crippen molar-refractivity contribution in [2.75, 3.05) is 0 Å². The Morgan fingerprint density at radius 1 is 0.724 bits per heavy atom. The van der Waals surface area contributed by atoms with Gasteiger partial charge in [0.1, 0.15) is 5.75 Å². The van der Waals surface area contributed by atoms with E-state index in [1.54, 1.807) is 0 Å². The van der Waals surface area contributed by atoms with E-state index in [0.717, 1.165) is 0 Å². The fourth-order valence-corrected chi connectivity index (χ4v) is 1.64. The van der Waals surface area contributed by atoms with Gasteiger partial charge in [-0.05, 0) is 24.3 Å². The number of carbonyl (C=O) groups excluding carboxylic acids is 1. The van der Waals surface area contributed by atoms with Gasteiger partial charge in [-0.25, -0.2) is 0 Å². The van der Waals surface area contributed by atoms with Crippen LogP contribution in [0.25, 0.3) is 0 Å². The van der Waals surface area contributed by atoms with Crippen molar-refractivity contribution in [3.63, 3.8) is 0 Å². The number of hydrogen-bond acceptors (Lipinski definition) is 3. The first-order valence-electron chi connectivity index (χ1n) is 6.61. The highest BCUT2D eigenvalue weighted by Crippen LogP contribution is 2.55. The predicted octanol–water partition coefficient (Wildman–Crippen LogP) is 5.25. The Bertz CT molecular complexity index is 735. The largest absolute Gasteiger partial charge is 0.508 e. The van der Waals surface area contributed by atoms with E-state index < -0.39 is 53.3 Å². The van der Waals surface area contributed by atoms with Crippen molar-refractivity contribution < 1.29 is 71.7 Å². The zero-order valence-electron chi connectivity index (χ0n) is 13.0. The zero-order valence-corrected chi connectivity index (χ0v) is 13.0. The van der Waals surface area contributed by atoms with Crippen molar-refractivity contribution in [2.45, 2.75) is 36.2 Å². The molecular formula is C13H5F13O3. The summed E-state index contributed by atoms with van der Waals surface area (Å²) in [5.41, 5.74) is -1.50. The van der Waals surface area contributed by atoms with E-state index >= 15 is 0 Å². The molecule has 0 amide bonds. The summed E-state index contributed by atoms with van der Waals surface area (Å²) in [6.07, 6.45) is -22.4. The molecule has 0 heterocycles. The maximum Gasteiger partial charge on any atom is 0.458 e. The van der Waals surface area contributed by atoms with Crippen LogP contribution in [0.1, 0.15) is 10.4 Å². The van der Waals surface area contributed by atoms with Gasteiger partial charge in [0, 0.05) is 5.56 Å². The van der Waals surface area contributed by atoms with E-state index in [1.807, 2.05) is 0 Å². The first-order valence-corrected chi connectivity index (χ1v) is 6.61. The minimum absolute atomic E-state index is 0.200. The molecule has 0 bridgehead atoms. The van der Waals surface area contributed by atoms with Crippen LogP contribution in [0.3, 0.4) is 0 Å². The van der Waals surface area contributed by atoms with Crippen LogP contribution in [0, 0.1) is 0 Å². The average Bonchev–Trinajstić information content (AvgIpc) is 2.51. The van der Waals surface area contributed by atoms with Crippen LogP contribution in [0.5, 0.6) is 5.75 Å². The Labute approximate surface area is 150 Å². The van der Waals surface area contributed by atoms with E-state index in [9.17, 15) is 61.9 Å². The van der Waals surface area contributed by atoms with Crippen molar-refractivity contribution in [1.82, 2.24) is 0 Å². The van der Waals surface area contributed by atoms with Crippen LogP contribution in [0.2, 0.25) is 0 Å². The van der Waals surface area contributed by atoms with Crippen LogP contribution in [-0.2, 0) is 4.74 Å². The normalized spacial score (nSPS) is 14.8. The van der Waals surface area contributed by atoms with Crippen molar-refractivity contribution in [2.24, 2.45) is 0 Å². The lowest BCUT2D eigenvalue weighted by atomic mass is 9.99. The molecule has 0 aliphatic rings. The summed E-state index contributed by atoms with van der Waals surface area (Å²) in [7, 11) is 0. The van der Waals surface area contributed by atoms with E-state index in [4.69, 9.17) is 5.11 Å². The van der Waals surface area contributed by atoms with Gasteiger partial charge in [-0.3, -0.25) is 9.53 Å². The second-order valence-corrected chi connectivity index (χ2v) is 5.23. The number of aromatic hydroxyl groups is 1. The van der Waals surface area contributed by atoms with E-state index in [0.29, 0.717) is 12.1 Å². The molecule has 0 aliphatic heterocycles. The summed E-state index contributed by atoms with van der Waals surface area (Å²) in [6.45, 7) is 0. The molecule has 0 saturated carbocycles. The summed E-state index contributed by atoms with van der Waals surface area (Å²) in [6, 6.07) is 1.28. The smallest absolute Gasteiger partial charge is 0.458 e. The quantitative estimate of drug-likeness (QED) is 0.471. The zero-order chi connectivity index (χ0) is 23.3. The highest BCUT2D eigenvalue weighted by atomic mass is 19.4. The molecule has 0 spiro atoms. The monoisotopic (exact) mass is 456 g/mol. The number of hydrogen-bond donors (Lipinski definition) is 1. The Hall–Kier alpha value is -2.26. The maximum atomic E-state index is 13.6. The third-order valence-electron chi connectivity index (χ3n) is 3.17. The molecule has 29 heavy (non-hydrogen) atoms. The van der Waals surface area contributed by atoms with E-state index in [1.165, 1.54) is 4.74 Å². The van der Waals surface area contributed by atoms with Gasteiger partial charge in [-0.2, -0.15) is 57.1 Å². The van der Waals surface area contributed by atoms with Crippen LogP contribution in [0.15, 0.2) is 24.3 Å². The SMILES string of the molecule is O=C(c1ccc(O)cc1)C(F)(F)C(F)(F)C(F)(F)OC(F)(C(F)(F)F)C(F)(F)F. The molecule has 0 aromatic heterocycles. The second-order valence-electron chi connectivity index (χ2n) is 5.23. The van der Waals surface area contributed by atoms with E-state index in [2.05, 4.69) is 0 Å². The third-order valence-corrected chi connectivity index (χ3v) is 3.17. The summed E-state index contributed by atoms with van der Waals surface area (Å²) in [4.78, 5) is 11.4. The lowest BCUT2D eigenvalue weighted by Crippen LogP contribution is -2.65. The molecule has 1 aromatic rings. The van der Waals surface area contributed by atoms with Crippen LogP contribution in [0.4, 0.5) is 57.1 Å². The summed E-state index contributed by atoms with van der Waals surface area (Å²) in [5.74, 6) is -25.5. The number of ether oxygens (including phenoxy) is 1. The Kier molecular flexibility index (Phi) is 5.91. The maximum absolute atomic E-state index is 13.6. The molecule has 166 valence electrons. The molecule has 0 unspecified atom stereocenters. The number of phenols is 1. The minimum Gasteiger partial charge on any atom is -0.508 e. The first kappa shape index (κ1) is 24.8. The van der Waals surface area contributed by atoms with Gasteiger partial charge in [-0.1, -0.05) is 0 Å². The van der Waals surface area contributed by atoms with Crippen LogP contribution < -0.4 is 0 Å². The predicted molar refractivity (Wildman–Crippen MR) is 64.3 cm³/mol. The molecule has 0 atom stereocenters. The molecule has 16 heteroatoms. The van der Waals surface area contributed by atoms with Crippen molar-refractivity contribution in [3.05, 3.63) is 29.8 Å². The minimum atomic E-state index is -7.48. The lowest BCUT2D eigenvalue weighted by molar-refractivity contribution is -0.511. The van der Waals surface area contributed by atoms with E-state index in [-0.39, 0.29) is 12.1 Å². The molecule has 0 aliphatic carbocycles. The number of ketones is 1. The summed E-state index contributed by atoms with van der Waals surface area (Å²) < 4.78 is 169. The molecule has 1 N–H and O–H groups in total. The topological polar surface area (TPSA) is 46.5 Å². The number of halogens is 13. The molecule has 1 rings (SSSR count). The van der Waals surface area contributed by atoms with Gasteiger partial charge >= 0.3 is 36.2 Å². The third kappa shape index (κ3) is 4.06. The molecule has 1 aromatic carbocycles. The second kappa shape index (κ2) is 6.91. The number of carbonyl (C=O) groups is 1. The molecule has 0 saturated heterocycles. The number of alkyl halides is 13. The summed E-state index contributed by atoms with van der Waals surface area (Å²) in [5, 5.41) is 8.87. The highest BCUT2D eigenvalue weighted by molar-refractivity contribution is 6.02. The average molecular weight is 456 g/mol. The number of Topliss-reactive ketones (excluding diaryl/α,β-unsaturated/α-hetero) is 1. The molecule has 3 nitrogen and oxygen atoms in total. The fraction of sp³-hybridized carbons (Fsp3) is 0.462. The van der Waals surface area contributed by atoms with Gasteiger partial charge in [0.05, 0.1) is 0 Å². The molecule has 0 fully saturated rings. The fourth-order valence-electron chi connectivity index (χ4n) is 1.64. The van der Waals surface area contributed by atoms with Crippen molar-refractivity contribution in [3.8, 4) is 5.75 Å². The van der Waals surface area contributed by atoms with Gasteiger partial charge in [0.25, 0.3) is 0 Å². The van der Waals surface area contributed by atoms with Gasteiger partial charge < -0.3 is 5.11 Å². The number of rotatable bonds is 6. The van der Waals surface area contributed by atoms with Crippen LogP contribution >= 0.6 is 0 Å². The Balaban J connectivity index is 3.43. The standard InChI is InChI=1S/C13H5F13O3/c14-8(15,7(28)5-1-3-6(27)4-2-5)9(16,17)13(25,26)29-10(18,11(19,20)21)12(22,23)24/h1-4,27H. The van der Waals surface area contributed by atoms with Crippen molar-refractivity contribution in [1.29, 1.82) is 0 Å².